The SMILES string of the molecule is CN(C)S(=O)(=O)c1ccc(C(=O)OCc2cc([N+](=O)[O-])cc3c2OCOC3)cc1. The van der Waals surface area contributed by atoms with Gasteiger partial charge >= 0.3 is 5.97 Å². The van der Waals surface area contributed by atoms with E-state index in [2.05, 4.69) is 0 Å². The highest BCUT2D eigenvalue weighted by Crippen LogP contribution is 2.33. The first-order valence-corrected chi connectivity index (χ1v) is 9.84. The van der Waals surface area contributed by atoms with E-state index in [1.54, 1.807) is 0 Å². The van der Waals surface area contributed by atoms with Crippen LogP contribution in [0.15, 0.2) is 41.3 Å². The fourth-order valence-electron chi connectivity index (χ4n) is 2.69. The zero-order valence-electron chi connectivity index (χ0n) is 15.7. The summed E-state index contributed by atoms with van der Waals surface area (Å²) in [7, 11) is -0.795. The Hall–Kier alpha value is -3.02. The molecule has 10 nitrogen and oxygen atoms in total. The molecule has 0 aromatic heterocycles. The van der Waals surface area contributed by atoms with Crippen molar-refractivity contribution in [2.45, 2.75) is 18.1 Å². The molecule has 0 amide bonds. The zero-order chi connectivity index (χ0) is 21.2. The summed E-state index contributed by atoms with van der Waals surface area (Å²) < 4.78 is 41.0. The lowest BCUT2D eigenvalue weighted by molar-refractivity contribution is -0.385. The van der Waals surface area contributed by atoms with Crippen LogP contribution < -0.4 is 4.74 Å². The first-order valence-electron chi connectivity index (χ1n) is 8.40. The van der Waals surface area contributed by atoms with Gasteiger partial charge in [-0.3, -0.25) is 10.1 Å². The number of nitrogens with zero attached hydrogens (tertiary/aromatic N) is 2. The number of esters is 1. The van der Waals surface area contributed by atoms with Crippen LogP contribution >= 0.6 is 0 Å². The summed E-state index contributed by atoms with van der Waals surface area (Å²) in [5, 5.41) is 11.1. The molecule has 0 bridgehead atoms. The van der Waals surface area contributed by atoms with Crippen molar-refractivity contribution >= 4 is 21.7 Å². The number of fused-ring (bicyclic) bond motifs is 1. The third kappa shape index (κ3) is 4.36. The summed E-state index contributed by atoms with van der Waals surface area (Å²) in [4.78, 5) is 22.9. The number of nitro benzene ring substituents is 1. The smallest absolute Gasteiger partial charge is 0.338 e. The number of sulfonamides is 1. The molecule has 1 heterocycles. The Morgan fingerprint density at radius 3 is 2.55 bits per heavy atom. The lowest BCUT2D eigenvalue weighted by Gasteiger charge is -2.20. The highest BCUT2D eigenvalue weighted by atomic mass is 32.2. The predicted octanol–water partition coefficient (Wildman–Crippen LogP) is 2.07. The van der Waals surface area contributed by atoms with E-state index in [0.717, 1.165) is 4.31 Å². The number of rotatable bonds is 6. The fourth-order valence-corrected chi connectivity index (χ4v) is 3.60. The largest absolute Gasteiger partial charge is 0.467 e. The van der Waals surface area contributed by atoms with Gasteiger partial charge in [-0.2, -0.15) is 0 Å². The van der Waals surface area contributed by atoms with Gasteiger partial charge in [-0.25, -0.2) is 17.5 Å². The topological polar surface area (TPSA) is 125 Å². The molecule has 0 saturated heterocycles. The monoisotopic (exact) mass is 422 g/mol. The molecule has 29 heavy (non-hydrogen) atoms. The first kappa shape index (κ1) is 20.7. The number of nitro groups is 1. The van der Waals surface area contributed by atoms with E-state index in [9.17, 15) is 23.3 Å². The van der Waals surface area contributed by atoms with Crippen molar-refractivity contribution in [3.63, 3.8) is 0 Å². The number of non-ortho nitro benzene ring substituents is 1. The zero-order valence-corrected chi connectivity index (χ0v) is 16.5. The van der Waals surface area contributed by atoms with Crippen molar-refractivity contribution in [1.82, 2.24) is 4.31 Å². The number of hydrogen-bond acceptors (Lipinski definition) is 8. The molecule has 0 aliphatic carbocycles. The number of carbonyl (C=O) groups excluding carboxylic acids is 1. The first-order chi connectivity index (χ1) is 13.7. The fraction of sp³-hybridized carbons (Fsp3) is 0.278. The van der Waals surface area contributed by atoms with Gasteiger partial charge in [0.1, 0.15) is 12.4 Å². The van der Waals surface area contributed by atoms with Crippen LogP contribution in [0, 0.1) is 10.1 Å². The van der Waals surface area contributed by atoms with Gasteiger partial charge in [0.2, 0.25) is 10.0 Å². The number of hydrogen-bond donors (Lipinski definition) is 0. The molecular formula is C18H18N2O8S. The summed E-state index contributed by atoms with van der Waals surface area (Å²) in [5.41, 5.74) is 0.820. The van der Waals surface area contributed by atoms with Gasteiger partial charge in [-0.1, -0.05) is 0 Å². The minimum absolute atomic E-state index is 0.00638. The van der Waals surface area contributed by atoms with Crippen LogP contribution in [0.25, 0.3) is 0 Å². The summed E-state index contributed by atoms with van der Waals surface area (Å²) in [5.74, 6) is -0.312. The maximum Gasteiger partial charge on any atom is 0.338 e. The van der Waals surface area contributed by atoms with E-state index in [1.165, 1.54) is 50.5 Å². The molecule has 0 spiro atoms. The Labute approximate surface area is 166 Å². The summed E-state index contributed by atoms with van der Waals surface area (Å²) in [6.45, 7) is -0.103. The maximum atomic E-state index is 12.3. The molecule has 2 aromatic carbocycles. The molecule has 1 aliphatic rings. The van der Waals surface area contributed by atoms with E-state index in [4.69, 9.17) is 14.2 Å². The third-order valence-electron chi connectivity index (χ3n) is 4.21. The average molecular weight is 422 g/mol. The van der Waals surface area contributed by atoms with Crippen molar-refractivity contribution in [2.24, 2.45) is 0 Å². The van der Waals surface area contributed by atoms with Gasteiger partial charge < -0.3 is 14.2 Å². The Kier molecular flexibility index (Phi) is 5.82. The molecule has 0 unspecified atom stereocenters. The molecule has 2 aromatic rings. The van der Waals surface area contributed by atoms with E-state index < -0.39 is 20.9 Å². The highest BCUT2D eigenvalue weighted by Gasteiger charge is 2.22. The minimum atomic E-state index is -3.61. The van der Waals surface area contributed by atoms with Crippen LogP contribution in [-0.4, -0.2) is 44.5 Å². The Morgan fingerprint density at radius 1 is 1.24 bits per heavy atom. The molecule has 0 atom stereocenters. The third-order valence-corrected chi connectivity index (χ3v) is 6.04. The second-order valence-corrected chi connectivity index (χ2v) is 8.50. The predicted molar refractivity (Wildman–Crippen MR) is 99.8 cm³/mol. The Morgan fingerprint density at radius 2 is 1.93 bits per heavy atom. The quantitative estimate of drug-likeness (QED) is 0.393. The molecule has 1 aliphatic heterocycles. The van der Waals surface area contributed by atoms with Crippen LogP contribution in [0.2, 0.25) is 0 Å². The molecule has 3 rings (SSSR count). The summed E-state index contributed by atoms with van der Waals surface area (Å²) in [6.07, 6.45) is 0. The van der Waals surface area contributed by atoms with Gasteiger partial charge in [0.15, 0.2) is 6.79 Å². The van der Waals surface area contributed by atoms with Gasteiger partial charge in [0.05, 0.1) is 22.0 Å². The van der Waals surface area contributed by atoms with Crippen LogP contribution in [-0.2, 0) is 32.7 Å². The van der Waals surface area contributed by atoms with Crippen LogP contribution in [0.3, 0.4) is 0 Å². The summed E-state index contributed by atoms with van der Waals surface area (Å²) >= 11 is 0. The molecule has 0 saturated carbocycles. The van der Waals surface area contributed by atoms with Crippen molar-refractivity contribution in [3.05, 3.63) is 63.2 Å². The molecule has 154 valence electrons. The molecule has 0 radical (unpaired) electrons. The highest BCUT2D eigenvalue weighted by molar-refractivity contribution is 7.89. The molecule has 0 N–H and O–H groups in total. The molecular weight excluding hydrogens is 404 g/mol. The standard InChI is InChI=1S/C18H18N2O8S/c1-19(2)29(24,25)16-5-3-12(4-6-16)18(21)27-10-14-8-15(20(22)23)7-13-9-26-11-28-17(13)14/h3-8H,9-11H2,1-2H3. The number of benzene rings is 2. The van der Waals surface area contributed by atoms with Crippen LogP contribution in [0.1, 0.15) is 21.5 Å². The lowest BCUT2D eigenvalue weighted by atomic mass is 10.1. The van der Waals surface area contributed by atoms with Gasteiger partial charge in [0.25, 0.3) is 5.69 Å². The summed E-state index contributed by atoms with van der Waals surface area (Å²) in [6, 6.07) is 7.93. The Balaban J connectivity index is 1.77. The minimum Gasteiger partial charge on any atom is -0.467 e. The van der Waals surface area contributed by atoms with Crippen molar-refractivity contribution in [3.8, 4) is 5.75 Å². The van der Waals surface area contributed by atoms with Crippen LogP contribution in [0.5, 0.6) is 5.75 Å². The van der Waals surface area contributed by atoms with E-state index in [0.29, 0.717) is 16.9 Å². The Bertz CT molecular complexity index is 1050. The lowest BCUT2D eigenvalue weighted by Crippen LogP contribution is -2.22. The van der Waals surface area contributed by atoms with E-state index in [1.807, 2.05) is 0 Å². The van der Waals surface area contributed by atoms with E-state index in [-0.39, 0.29) is 36.2 Å². The van der Waals surface area contributed by atoms with E-state index >= 15 is 0 Å². The van der Waals surface area contributed by atoms with Crippen molar-refractivity contribution in [1.29, 1.82) is 0 Å². The molecule has 0 fully saturated rings. The second kappa shape index (κ2) is 8.15. The maximum absolute atomic E-state index is 12.3. The van der Waals surface area contributed by atoms with Gasteiger partial charge in [-0.15, -0.1) is 0 Å². The van der Waals surface area contributed by atoms with Gasteiger partial charge in [-0.05, 0) is 24.3 Å². The average Bonchev–Trinajstić information content (AvgIpc) is 2.71. The van der Waals surface area contributed by atoms with Crippen molar-refractivity contribution < 1.29 is 32.3 Å². The van der Waals surface area contributed by atoms with Gasteiger partial charge in [0, 0.05) is 37.4 Å². The van der Waals surface area contributed by atoms with Crippen LogP contribution in [0.4, 0.5) is 5.69 Å². The number of carbonyl (C=O) groups is 1. The number of ether oxygens (including phenoxy) is 3. The van der Waals surface area contributed by atoms with Crippen molar-refractivity contribution in [2.75, 3.05) is 20.9 Å². The molecule has 11 heteroatoms. The second-order valence-electron chi connectivity index (χ2n) is 6.35. The normalized spacial score (nSPS) is 13.5.